The van der Waals surface area contributed by atoms with Crippen molar-refractivity contribution in [3.8, 4) is 0 Å². The molecule has 0 fully saturated rings. The molecule has 0 saturated carbocycles. The van der Waals surface area contributed by atoms with Crippen LogP contribution in [0.2, 0.25) is 0 Å². The van der Waals surface area contributed by atoms with Crippen LogP contribution < -0.4 is 0 Å². The van der Waals surface area contributed by atoms with E-state index in [9.17, 15) is 0 Å². The van der Waals surface area contributed by atoms with Gasteiger partial charge in [-0.3, -0.25) is 0 Å². The molecule has 1 heterocycles. The molecule has 0 N–H and O–H groups in total. The molecule has 0 aliphatic heterocycles. The van der Waals surface area contributed by atoms with Crippen LogP contribution in [0.4, 0.5) is 0 Å². The van der Waals surface area contributed by atoms with Gasteiger partial charge in [0, 0.05) is 9.75 Å². The fraction of sp³-hybridized carbons (Fsp3) is 0.789. The van der Waals surface area contributed by atoms with Crippen LogP contribution in [0, 0.1) is 0 Å². The Morgan fingerprint density at radius 3 is 2.10 bits per heavy atom. The van der Waals surface area contributed by atoms with Crippen molar-refractivity contribution in [3.63, 3.8) is 0 Å². The normalized spacial score (nSPS) is 12.9. The standard InChI is InChI=1S/C19H34S/c1-8-10-11-12-13-15-14-16(19(6,7)9-2)20-17(15)18(3,4)5/h14H,8-13H2,1-7H3. The van der Waals surface area contributed by atoms with Gasteiger partial charge >= 0.3 is 0 Å². The van der Waals surface area contributed by atoms with Crippen molar-refractivity contribution in [2.45, 2.75) is 97.8 Å². The average molecular weight is 295 g/mol. The molecule has 20 heavy (non-hydrogen) atoms. The van der Waals surface area contributed by atoms with Gasteiger partial charge in [0.25, 0.3) is 0 Å². The van der Waals surface area contributed by atoms with E-state index in [-0.39, 0.29) is 5.41 Å². The number of thiophene rings is 1. The van der Waals surface area contributed by atoms with Crippen molar-refractivity contribution in [1.82, 2.24) is 0 Å². The predicted octanol–water partition coefficient (Wildman–Crippen LogP) is 6.86. The zero-order valence-corrected chi connectivity index (χ0v) is 15.5. The molecular formula is C19H34S. The lowest BCUT2D eigenvalue weighted by Gasteiger charge is -2.21. The molecule has 1 aromatic rings. The Morgan fingerprint density at radius 1 is 0.950 bits per heavy atom. The first-order chi connectivity index (χ1) is 9.22. The summed E-state index contributed by atoms with van der Waals surface area (Å²) in [4.78, 5) is 3.20. The molecule has 0 nitrogen and oxygen atoms in total. The molecule has 0 radical (unpaired) electrons. The largest absolute Gasteiger partial charge is 0.144 e. The molecule has 0 aliphatic rings. The van der Waals surface area contributed by atoms with Crippen molar-refractivity contribution in [3.05, 3.63) is 21.4 Å². The summed E-state index contributed by atoms with van der Waals surface area (Å²) in [7, 11) is 0. The van der Waals surface area contributed by atoms with Crippen molar-refractivity contribution in [2.75, 3.05) is 0 Å². The van der Waals surface area contributed by atoms with E-state index in [0.717, 1.165) is 0 Å². The van der Waals surface area contributed by atoms with Gasteiger partial charge in [0.05, 0.1) is 0 Å². The van der Waals surface area contributed by atoms with E-state index in [1.807, 2.05) is 0 Å². The maximum Gasteiger partial charge on any atom is 0.0134 e. The molecule has 0 aliphatic carbocycles. The number of hydrogen-bond donors (Lipinski definition) is 0. The molecule has 116 valence electrons. The highest BCUT2D eigenvalue weighted by molar-refractivity contribution is 7.12. The van der Waals surface area contributed by atoms with E-state index in [1.165, 1.54) is 38.5 Å². The minimum Gasteiger partial charge on any atom is -0.144 e. The number of hydrogen-bond acceptors (Lipinski definition) is 1. The third-order valence-corrected chi connectivity index (χ3v) is 6.31. The lowest BCUT2D eigenvalue weighted by molar-refractivity contribution is 0.516. The van der Waals surface area contributed by atoms with Crippen LogP contribution in [0.1, 0.15) is 95.9 Å². The molecule has 0 spiro atoms. The number of unbranched alkanes of at least 4 members (excludes halogenated alkanes) is 3. The molecule has 1 heteroatoms. The third-order valence-electron chi connectivity index (χ3n) is 4.34. The Hall–Kier alpha value is -0.300. The Morgan fingerprint density at radius 2 is 1.60 bits per heavy atom. The van der Waals surface area contributed by atoms with Crippen molar-refractivity contribution >= 4 is 11.3 Å². The summed E-state index contributed by atoms with van der Waals surface area (Å²) >= 11 is 2.06. The topological polar surface area (TPSA) is 0 Å². The summed E-state index contributed by atoms with van der Waals surface area (Å²) in [6.45, 7) is 16.4. The Kier molecular flexibility index (Phi) is 6.31. The van der Waals surface area contributed by atoms with Crippen molar-refractivity contribution in [1.29, 1.82) is 0 Å². The highest BCUT2D eigenvalue weighted by Gasteiger charge is 2.27. The Bertz CT molecular complexity index is 404. The van der Waals surface area contributed by atoms with Crippen LogP contribution in [-0.2, 0) is 17.3 Å². The van der Waals surface area contributed by atoms with Crippen LogP contribution in [0.15, 0.2) is 6.07 Å². The SMILES string of the molecule is CCCCCCc1cc(C(C)(C)CC)sc1C(C)(C)C. The molecule has 0 bridgehead atoms. The summed E-state index contributed by atoms with van der Waals surface area (Å²) in [6.07, 6.45) is 7.91. The van der Waals surface area contributed by atoms with Crippen molar-refractivity contribution in [2.24, 2.45) is 0 Å². The van der Waals surface area contributed by atoms with Gasteiger partial charge in [-0.25, -0.2) is 0 Å². The lowest BCUT2D eigenvalue weighted by atomic mass is 9.86. The monoisotopic (exact) mass is 294 g/mol. The lowest BCUT2D eigenvalue weighted by Crippen LogP contribution is -2.13. The Balaban J connectivity index is 2.96. The van der Waals surface area contributed by atoms with Gasteiger partial charge in [-0.15, -0.1) is 11.3 Å². The van der Waals surface area contributed by atoms with Gasteiger partial charge in [-0.1, -0.05) is 67.7 Å². The second-order valence-electron chi connectivity index (χ2n) is 7.76. The van der Waals surface area contributed by atoms with Gasteiger partial charge in [0.1, 0.15) is 0 Å². The highest BCUT2D eigenvalue weighted by atomic mass is 32.1. The minimum atomic E-state index is 0.285. The zero-order chi connectivity index (χ0) is 15.4. The van der Waals surface area contributed by atoms with Crippen LogP contribution in [0.25, 0.3) is 0 Å². The van der Waals surface area contributed by atoms with Gasteiger partial charge in [-0.05, 0) is 41.7 Å². The molecule has 0 saturated heterocycles. The van der Waals surface area contributed by atoms with Crippen molar-refractivity contribution < 1.29 is 0 Å². The summed E-state index contributed by atoms with van der Waals surface area (Å²) in [5.41, 5.74) is 2.23. The first-order valence-electron chi connectivity index (χ1n) is 8.36. The molecule has 0 aromatic carbocycles. The van der Waals surface area contributed by atoms with Gasteiger partial charge in [0.2, 0.25) is 0 Å². The first-order valence-corrected chi connectivity index (χ1v) is 9.17. The third kappa shape index (κ3) is 4.62. The number of rotatable bonds is 7. The maximum absolute atomic E-state index is 2.51. The second-order valence-corrected chi connectivity index (χ2v) is 8.82. The summed E-state index contributed by atoms with van der Waals surface area (Å²) in [5, 5.41) is 0. The fourth-order valence-electron chi connectivity index (χ4n) is 2.50. The first kappa shape index (κ1) is 17.8. The fourth-order valence-corrected chi connectivity index (χ4v) is 3.94. The highest BCUT2D eigenvalue weighted by Crippen LogP contribution is 2.40. The van der Waals surface area contributed by atoms with E-state index < -0.39 is 0 Å². The van der Waals surface area contributed by atoms with Crippen LogP contribution in [0.3, 0.4) is 0 Å². The molecular weight excluding hydrogens is 260 g/mol. The quantitative estimate of drug-likeness (QED) is 0.482. The molecule has 1 rings (SSSR count). The van der Waals surface area contributed by atoms with Gasteiger partial charge in [0.15, 0.2) is 0 Å². The molecule has 1 aromatic heterocycles. The minimum absolute atomic E-state index is 0.285. The molecule has 0 amide bonds. The summed E-state index contributed by atoms with van der Waals surface area (Å²) < 4.78 is 0. The van der Waals surface area contributed by atoms with E-state index in [0.29, 0.717) is 5.41 Å². The molecule has 0 atom stereocenters. The van der Waals surface area contributed by atoms with Gasteiger partial charge in [-0.2, -0.15) is 0 Å². The van der Waals surface area contributed by atoms with E-state index in [4.69, 9.17) is 0 Å². The smallest absolute Gasteiger partial charge is 0.0134 e. The number of aryl methyl sites for hydroxylation is 1. The summed E-state index contributed by atoms with van der Waals surface area (Å²) in [6, 6.07) is 2.51. The average Bonchev–Trinajstić information content (AvgIpc) is 2.79. The second kappa shape index (κ2) is 7.11. The zero-order valence-electron chi connectivity index (χ0n) is 14.7. The Labute approximate surface area is 131 Å². The van der Waals surface area contributed by atoms with Crippen LogP contribution in [0.5, 0.6) is 0 Å². The van der Waals surface area contributed by atoms with Crippen LogP contribution >= 0.6 is 11.3 Å². The van der Waals surface area contributed by atoms with Gasteiger partial charge < -0.3 is 0 Å². The summed E-state index contributed by atoms with van der Waals surface area (Å²) in [5.74, 6) is 0. The van der Waals surface area contributed by atoms with Crippen LogP contribution in [-0.4, -0.2) is 0 Å². The molecule has 0 unspecified atom stereocenters. The van der Waals surface area contributed by atoms with E-state index in [2.05, 4.69) is 65.9 Å². The predicted molar refractivity (Wildman–Crippen MR) is 94.2 cm³/mol. The van der Waals surface area contributed by atoms with E-state index >= 15 is 0 Å². The maximum atomic E-state index is 2.51. The van der Waals surface area contributed by atoms with E-state index in [1.54, 1.807) is 15.3 Å².